The van der Waals surface area contributed by atoms with E-state index in [4.69, 9.17) is 11.1 Å². The topological polar surface area (TPSA) is 131 Å². The molecule has 6 N–H and O–H groups in total. The molecule has 1 unspecified atom stereocenters. The van der Waals surface area contributed by atoms with Gasteiger partial charge in [0.2, 0.25) is 0 Å². The molecule has 1 atom stereocenters. The number of nitrogens with one attached hydrogen (secondary N) is 1. The summed E-state index contributed by atoms with van der Waals surface area (Å²) < 4.78 is 0. The minimum atomic E-state index is -1.54. The number of aromatic hydroxyl groups is 2. The molecule has 24 heavy (non-hydrogen) atoms. The van der Waals surface area contributed by atoms with Crippen LogP contribution in [0.3, 0.4) is 0 Å². The Balaban J connectivity index is 2.77. The van der Waals surface area contributed by atoms with Gasteiger partial charge in [0.05, 0.1) is 5.56 Å². The molecule has 0 spiro atoms. The van der Waals surface area contributed by atoms with Crippen LogP contribution in [0.5, 0.6) is 11.5 Å². The van der Waals surface area contributed by atoms with E-state index < -0.39 is 18.0 Å². The number of hydrogen-bond acceptors (Lipinski definition) is 5. The Morgan fingerprint density at radius 3 is 2.42 bits per heavy atom. The summed E-state index contributed by atoms with van der Waals surface area (Å²) in [5.74, 6) is -1.72. The molecule has 0 saturated heterocycles. The lowest BCUT2D eigenvalue weighted by Crippen LogP contribution is -2.48. The third kappa shape index (κ3) is 5.73. The molecule has 0 fully saturated rings. The summed E-state index contributed by atoms with van der Waals surface area (Å²) in [6.45, 7) is 2.36. The second-order valence-corrected chi connectivity index (χ2v) is 5.80. The Hall–Kier alpha value is -2.28. The van der Waals surface area contributed by atoms with Gasteiger partial charge in [-0.15, -0.1) is 0 Å². The highest BCUT2D eigenvalue weighted by Gasteiger charge is 2.26. The minimum absolute atomic E-state index is 0.0564. The number of nitrogens with zero attached hydrogens (tertiary/aromatic N) is 1. The maximum absolute atomic E-state index is 12.6. The second-order valence-electron chi connectivity index (χ2n) is 5.80. The molecule has 1 amide bonds. The predicted octanol–water partition coefficient (Wildman–Crippen LogP) is 2.15. The normalized spacial score (nSPS) is 11.9. The number of hydrogen-bond donors (Lipinski definition) is 5. The molecular weight excluding hydrogens is 310 g/mol. The van der Waals surface area contributed by atoms with Crippen molar-refractivity contribution in [3.05, 3.63) is 23.8 Å². The molecule has 0 aliphatic heterocycles. The first-order valence-electron chi connectivity index (χ1n) is 8.23. The van der Waals surface area contributed by atoms with Gasteiger partial charge in [-0.3, -0.25) is 10.2 Å². The quantitative estimate of drug-likeness (QED) is 0.193. The van der Waals surface area contributed by atoms with Crippen molar-refractivity contribution < 1.29 is 20.1 Å². The zero-order chi connectivity index (χ0) is 18.1. The van der Waals surface area contributed by atoms with E-state index in [9.17, 15) is 20.1 Å². The summed E-state index contributed by atoms with van der Waals surface area (Å²) in [4.78, 5) is 13.6. The molecule has 7 nitrogen and oxygen atoms in total. The molecule has 1 aromatic rings. The Labute approximate surface area is 142 Å². The number of aliphatic hydroxyl groups is 1. The average molecular weight is 337 g/mol. The first kappa shape index (κ1) is 19.8. The summed E-state index contributed by atoms with van der Waals surface area (Å²) >= 11 is 0. The van der Waals surface area contributed by atoms with Crippen LogP contribution in [-0.2, 0) is 0 Å². The number of phenols is 2. The van der Waals surface area contributed by atoms with E-state index in [1.54, 1.807) is 0 Å². The highest BCUT2D eigenvalue weighted by atomic mass is 16.3. The van der Waals surface area contributed by atoms with Crippen LogP contribution >= 0.6 is 0 Å². The van der Waals surface area contributed by atoms with Crippen LogP contribution in [0.4, 0.5) is 0 Å². The highest BCUT2D eigenvalue weighted by molar-refractivity contribution is 5.99. The molecule has 0 radical (unpaired) electrons. The van der Waals surface area contributed by atoms with Crippen molar-refractivity contribution in [2.45, 2.75) is 51.7 Å². The van der Waals surface area contributed by atoms with Crippen molar-refractivity contribution in [1.82, 2.24) is 4.90 Å². The van der Waals surface area contributed by atoms with E-state index in [0.29, 0.717) is 6.42 Å². The lowest BCUT2D eigenvalue weighted by molar-refractivity contribution is 0.0361. The minimum Gasteiger partial charge on any atom is -0.508 e. The lowest BCUT2D eigenvalue weighted by atomic mass is 10.1. The van der Waals surface area contributed by atoms with Crippen molar-refractivity contribution in [1.29, 1.82) is 5.41 Å². The van der Waals surface area contributed by atoms with Crippen molar-refractivity contribution in [2.75, 3.05) is 6.54 Å². The van der Waals surface area contributed by atoms with Gasteiger partial charge in [0.1, 0.15) is 17.3 Å². The molecule has 0 aliphatic carbocycles. The number of aliphatic hydroxyl groups excluding tert-OH is 1. The van der Waals surface area contributed by atoms with Gasteiger partial charge in [-0.05, 0) is 18.6 Å². The van der Waals surface area contributed by atoms with Gasteiger partial charge in [-0.25, -0.2) is 0 Å². The zero-order valence-corrected chi connectivity index (χ0v) is 14.0. The molecule has 1 aromatic carbocycles. The molecule has 0 saturated carbocycles. The summed E-state index contributed by atoms with van der Waals surface area (Å²) in [6, 6.07) is 3.60. The van der Waals surface area contributed by atoms with Gasteiger partial charge < -0.3 is 26.0 Å². The van der Waals surface area contributed by atoms with Gasteiger partial charge >= 0.3 is 0 Å². The van der Waals surface area contributed by atoms with Gasteiger partial charge in [-0.1, -0.05) is 39.0 Å². The number of carbonyl (C=O) groups excluding carboxylic acids is 1. The standard InChI is InChI=1S/C17H27N3O4/c1-2-3-4-5-6-7-10-20(17(24)15(18)19)16(23)13-9-8-12(21)11-14(13)22/h8-9,11,17,21-22,24H,2-7,10H2,1H3,(H3,18,19). The number of amidine groups is 1. The second kappa shape index (κ2) is 9.77. The lowest BCUT2D eigenvalue weighted by Gasteiger charge is -2.27. The largest absolute Gasteiger partial charge is 0.508 e. The van der Waals surface area contributed by atoms with Gasteiger partial charge in [0.25, 0.3) is 5.91 Å². The Morgan fingerprint density at radius 2 is 1.83 bits per heavy atom. The number of phenolic OH excluding ortho intramolecular Hbond substituents is 2. The smallest absolute Gasteiger partial charge is 0.259 e. The monoisotopic (exact) mass is 337 g/mol. The number of rotatable bonds is 10. The van der Waals surface area contributed by atoms with Crippen molar-refractivity contribution in [2.24, 2.45) is 5.73 Å². The van der Waals surface area contributed by atoms with Crippen molar-refractivity contribution >= 4 is 11.7 Å². The SMILES string of the molecule is CCCCCCCCN(C(=O)c1ccc(O)cc1O)C(O)C(=N)N. The fraction of sp³-hybridized carbons (Fsp3) is 0.529. The van der Waals surface area contributed by atoms with Gasteiger partial charge in [-0.2, -0.15) is 0 Å². The molecule has 7 heteroatoms. The average Bonchev–Trinajstić information content (AvgIpc) is 2.53. The van der Waals surface area contributed by atoms with Crippen LogP contribution in [-0.4, -0.2) is 44.7 Å². The molecule has 134 valence electrons. The van der Waals surface area contributed by atoms with Crippen LogP contribution in [0.1, 0.15) is 55.8 Å². The summed E-state index contributed by atoms with van der Waals surface area (Å²) in [7, 11) is 0. The van der Waals surface area contributed by atoms with Crippen LogP contribution in [0.2, 0.25) is 0 Å². The number of amides is 1. The van der Waals surface area contributed by atoms with Gasteiger partial charge in [0, 0.05) is 12.6 Å². The number of unbranched alkanes of at least 4 members (excludes halogenated alkanes) is 5. The molecule has 0 aromatic heterocycles. The van der Waals surface area contributed by atoms with Crippen molar-refractivity contribution in [3.63, 3.8) is 0 Å². The van der Waals surface area contributed by atoms with E-state index in [0.717, 1.165) is 36.6 Å². The molecule has 0 heterocycles. The number of nitrogens with two attached hydrogens (primary N) is 1. The van der Waals surface area contributed by atoms with Crippen LogP contribution in [0.15, 0.2) is 18.2 Å². The zero-order valence-electron chi connectivity index (χ0n) is 14.0. The maximum atomic E-state index is 12.6. The Morgan fingerprint density at radius 1 is 1.21 bits per heavy atom. The van der Waals surface area contributed by atoms with E-state index >= 15 is 0 Å². The Kier molecular flexibility index (Phi) is 8.05. The molecular formula is C17H27N3O4. The molecule has 0 bridgehead atoms. The predicted molar refractivity (Wildman–Crippen MR) is 92.1 cm³/mol. The molecule has 0 aliphatic rings. The Bertz CT molecular complexity index is 563. The fourth-order valence-corrected chi connectivity index (χ4v) is 2.42. The summed E-state index contributed by atoms with van der Waals surface area (Å²) in [5, 5.41) is 36.5. The van der Waals surface area contributed by atoms with E-state index in [2.05, 4.69) is 6.92 Å². The first-order valence-corrected chi connectivity index (χ1v) is 8.23. The fourth-order valence-electron chi connectivity index (χ4n) is 2.42. The maximum Gasteiger partial charge on any atom is 0.259 e. The number of benzene rings is 1. The van der Waals surface area contributed by atoms with E-state index in [-0.39, 0.29) is 23.6 Å². The van der Waals surface area contributed by atoms with Gasteiger partial charge in [0.15, 0.2) is 6.23 Å². The summed E-state index contributed by atoms with van der Waals surface area (Å²) in [6.07, 6.45) is 4.50. The first-order chi connectivity index (χ1) is 11.4. The van der Waals surface area contributed by atoms with Crippen LogP contribution in [0, 0.1) is 5.41 Å². The highest BCUT2D eigenvalue weighted by Crippen LogP contribution is 2.24. The van der Waals surface area contributed by atoms with Crippen LogP contribution in [0.25, 0.3) is 0 Å². The third-order valence-electron chi connectivity index (χ3n) is 3.80. The summed E-state index contributed by atoms with van der Waals surface area (Å²) in [5.41, 5.74) is 5.27. The third-order valence-corrected chi connectivity index (χ3v) is 3.80. The van der Waals surface area contributed by atoms with E-state index in [1.165, 1.54) is 18.6 Å². The van der Waals surface area contributed by atoms with E-state index in [1.807, 2.05) is 0 Å². The molecule has 1 rings (SSSR count). The number of carbonyl (C=O) groups is 1. The van der Waals surface area contributed by atoms with Crippen LogP contribution < -0.4 is 5.73 Å². The van der Waals surface area contributed by atoms with Crippen molar-refractivity contribution in [3.8, 4) is 11.5 Å².